The van der Waals surface area contributed by atoms with Gasteiger partial charge in [-0.3, -0.25) is 4.79 Å². The Labute approximate surface area is 187 Å². The third kappa shape index (κ3) is 6.50. The van der Waals surface area contributed by atoms with Gasteiger partial charge in [-0.2, -0.15) is 0 Å². The maximum Gasteiger partial charge on any atom is 0.310 e. The van der Waals surface area contributed by atoms with Crippen molar-refractivity contribution in [2.45, 2.75) is 25.8 Å². The second-order valence-corrected chi connectivity index (χ2v) is 8.67. The van der Waals surface area contributed by atoms with Crippen molar-refractivity contribution in [1.29, 1.82) is 0 Å². The molecule has 2 atom stereocenters. The molecule has 0 amide bonds. The van der Waals surface area contributed by atoms with Crippen LogP contribution in [0.4, 0.5) is 4.39 Å². The van der Waals surface area contributed by atoms with Crippen molar-refractivity contribution in [3.8, 4) is 11.1 Å². The first-order valence-corrected chi connectivity index (χ1v) is 11.1. The topological polar surface area (TPSA) is 75.8 Å². The van der Waals surface area contributed by atoms with Gasteiger partial charge in [0.05, 0.1) is 12.5 Å². The molecule has 168 valence electrons. The molecule has 3 rings (SSSR count). The molecule has 1 aliphatic rings. The molecule has 7 heteroatoms. The fourth-order valence-corrected chi connectivity index (χ4v) is 4.22. The lowest BCUT2D eigenvalue weighted by molar-refractivity contribution is -0.150. The summed E-state index contributed by atoms with van der Waals surface area (Å²) >= 11 is 5.99. The second kappa shape index (κ2) is 11.0. The van der Waals surface area contributed by atoms with Crippen molar-refractivity contribution < 1.29 is 19.0 Å². The zero-order valence-corrected chi connectivity index (χ0v) is 18.5. The first-order chi connectivity index (χ1) is 14.9. The average molecular weight is 449 g/mol. The van der Waals surface area contributed by atoms with E-state index in [0.717, 1.165) is 24.2 Å². The molecule has 0 unspecified atom stereocenters. The maximum atomic E-state index is 14.1. The van der Waals surface area contributed by atoms with E-state index in [4.69, 9.17) is 22.1 Å². The van der Waals surface area contributed by atoms with Gasteiger partial charge in [-0.15, -0.1) is 0 Å². The van der Waals surface area contributed by atoms with Gasteiger partial charge in [0.15, 0.2) is 0 Å². The van der Waals surface area contributed by atoms with Gasteiger partial charge in [0.1, 0.15) is 5.82 Å². The average Bonchev–Trinajstić information content (AvgIpc) is 2.72. The number of esters is 1. The highest BCUT2D eigenvalue weighted by atomic mass is 35.5. The van der Waals surface area contributed by atoms with Gasteiger partial charge in [0, 0.05) is 48.8 Å². The monoisotopic (exact) mass is 448 g/mol. The lowest BCUT2D eigenvalue weighted by Gasteiger charge is -2.40. The van der Waals surface area contributed by atoms with E-state index in [9.17, 15) is 14.3 Å². The van der Waals surface area contributed by atoms with Gasteiger partial charge in [0.25, 0.3) is 0 Å². The zero-order chi connectivity index (χ0) is 22.4. The number of rotatable bonds is 10. The molecule has 0 aromatic heterocycles. The molecular formula is C24H30ClFN2O3. The van der Waals surface area contributed by atoms with E-state index in [1.54, 1.807) is 13.0 Å². The third-order valence-electron chi connectivity index (χ3n) is 5.67. The normalized spacial score (nSPS) is 16.5. The van der Waals surface area contributed by atoms with E-state index in [1.165, 1.54) is 12.1 Å². The molecule has 2 aromatic rings. The molecule has 0 bridgehead atoms. The number of aliphatic hydroxyl groups is 1. The zero-order valence-electron chi connectivity index (χ0n) is 17.8. The first kappa shape index (κ1) is 23.7. The lowest BCUT2D eigenvalue weighted by Crippen LogP contribution is -2.51. The highest BCUT2D eigenvalue weighted by Crippen LogP contribution is 2.27. The fourth-order valence-electron chi connectivity index (χ4n) is 4.05. The summed E-state index contributed by atoms with van der Waals surface area (Å²) in [5.74, 6) is -0.550. The maximum absolute atomic E-state index is 14.1. The summed E-state index contributed by atoms with van der Waals surface area (Å²) in [5, 5.41) is 9.68. The predicted octanol–water partition coefficient (Wildman–Crippen LogP) is 3.51. The summed E-state index contributed by atoms with van der Waals surface area (Å²) in [6, 6.07) is 11.8. The minimum Gasteiger partial charge on any atom is -0.466 e. The molecule has 0 radical (unpaired) electrons. The van der Waals surface area contributed by atoms with Crippen LogP contribution in [0.2, 0.25) is 5.02 Å². The van der Waals surface area contributed by atoms with Gasteiger partial charge in [-0.25, -0.2) is 4.39 Å². The smallest absolute Gasteiger partial charge is 0.310 e. The van der Waals surface area contributed by atoms with Crippen LogP contribution in [0.25, 0.3) is 11.1 Å². The van der Waals surface area contributed by atoms with Crippen LogP contribution in [0.5, 0.6) is 0 Å². The van der Waals surface area contributed by atoms with Crippen molar-refractivity contribution >= 4 is 17.6 Å². The number of benzene rings is 2. The highest BCUT2D eigenvalue weighted by Gasteiger charge is 2.32. The van der Waals surface area contributed by atoms with Crippen molar-refractivity contribution in [2.24, 2.45) is 17.6 Å². The van der Waals surface area contributed by atoms with Gasteiger partial charge < -0.3 is 20.5 Å². The Kier molecular flexibility index (Phi) is 8.43. The molecule has 1 fully saturated rings. The van der Waals surface area contributed by atoms with E-state index in [1.807, 2.05) is 24.3 Å². The Hall–Kier alpha value is -1.99. The quantitative estimate of drug-likeness (QED) is 0.544. The number of hydrogen-bond acceptors (Lipinski definition) is 5. The van der Waals surface area contributed by atoms with Crippen molar-refractivity contribution in [2.75, 3.05) is 32.8 Å². The summed E-state index contributed by atoms with van der Waals surface area (Å²) < 4.78 is 19.3. The van der Waals surface area contributed by atoms with Crippen LogP contribution in [0, 0.1) is 17.7 Å². The van der Waals surface area contributed by atoms with Gasteiger partial charge in [-0.05, 0) is 49.1 Å². The molecule has 2 aromatic carbocycles. The van der Waals surface area contributed by atoms with Crippen LogP contribution in [0.15, 0.2) is 42.5 Å². The second-order valence-electron chi connectivity index (χ2n) is 8.24. The summed E-state index contributed by atoms with van der Waals surface area (Å²) in [4.78, 5) is 14.6. The SMILES string of the molecule is CCOC(=O)[C@@H](C[C@H](N)Cc1ccc(-c2cc(Cl)ccc2F)cc1)CN1CC(CO)C1. The van der Waals surface area contributed by atoms with Gasteiger partial charge >= 0.3 is 5.97 Å². The number of ether oxygens (including phenoxy) is 1. The van der Waals surface area contributed by atoms with E-state index in [2.05, 4.69) is 4.90 Å². The summed E-state index contributed by atoms with van der Waals surface area (Å²) in [6.45, 7) is 4.49. The van der Waals surface area contributed by atoms with Crippen molar-refractivity contribution in [3.05, 3.63) is 58.9 Å². The number of carbonyl (C=O) groups is 1. The number of carbonyl (C=O) groups excluding carboxylic acids is 1. The number of likely N-dealkylation sites (tertiary alicyclic amines) is 1. The molecule has 0 spiro atoms. The fraction of sp³-hybridized carbons (Fsp3) is 0.458. The Morgan fingerprint density at radius 3 is 2.65 bits per heavy atom. The van der Waals surface area contributed by atoms with Crippen LogP contribution in [0.3, 0.4) is 0 Å². The Bertz CT molecular complexity index is 872. The van der Waals surface area contributed by atoms with Crippen molar-refractivity contribution in [3.63, 3.8) is 0 Å². The summed E-state index contributed by atoms with van der Waals surface area (Å²) in [7, 11) is 0. The molecule has 0 aliphatic carbocycles. The molecule has 1 saturated heterocycles. The number of nitrogens with two attached hydrogens (primary N) is 1. The number of halogens is 2. The standard InChI is InChI=1S/C24H30ClFN2O3/c1-2-31-24(30)19(14-28-12-17(13-28)15-29)10-21(27)9-16-3-5-18(6-4-16)22-11-20(25)7-8-23(22)26/h3-8,11,17,19,21,29H,2,9-10,12-15,27H2,1H3/t19-,21+/m0/s1. The highest BCUT2D eigenvalue weighted by molar-refractivity contribution is 6.30. The molecular weight excluding hydrogens is 419 g/mol. The van der Waals surface area contributed by atoms with Crippen LogP contribution in [-0.2, 0) is 16.0 Å². The Balaban J connectivity index is 1.60. The van der Waals surface area contributed by atoms with Crippen LogP contribution in [-0.4, -0.2) is 54.9 Å². The number of nitrogens with zero attached hydrogens (tertiary/aromatic N) is 1. The van der Waals surface area contributed by atoms with Crippen molar-refractivity contribution in [1.82, 2.24) is 4.90 Å². The Morgan fingerprint density at radius 1 is 1.29 bits per heavy atom. The number of aliphatic hydroxyl groups excluding tert-OH is 1. The van der Waals surface area contributed by atoms with E-state index < -0.39 is 0 Å². The molecule has 31 heavy (non-hydrogen) atoms. The largest absolute Gasteiger partial charge is 0.466 e. The summed E-state index contributed by atoms with van der Waals surface area (Å²) in [6.07, 6.45) is 1.12. The Morgan fingerprint density at radius 2 is 2.00 bits per heavy atom. The molecule has 3 N–H and O–H groups in total. The summed E-state index contributed by atoms with van der Waals surface area (Å²) in [5.41, 5.74) is 8.61. The molecule has 1 heterocycles. The van der Waals surface area contributed by atoms with Crippen LogP contribution >= 0.6 is 11.6 Å². The molecule has 0 saturated carbocycles. The van der Waals surface area contributed by atoms with E-state index in [-0.39, 0.29) is 30.4 Å². The van der Waals surface area contributed by atoms with Crippen LogP contribution < -0.4 is 5.73 Å². The number of hydrogen-bond donors (Lipinski definition) is 2. The van der Waals surface area contributed by atoms with Crippen LogP contribution in [0.1, 0.15) is 18.9 Å². The predicted molar refractivity (Wildman–Crippen MR) is 120 cm³/mol. The van der Waals surface area contributed by atoms with E-state index in [0.29, 0.717) is 42.5 Å². The van der Waals surface area contributed by atoms with Gasteiger partial charge in [0.2, 0.25) is 0 Å². The molecule has 1 aliphatic heterocycles. The van der Waals surface area contributed by atoms with E-state index >= 15 is 0 Å². The third-order valence-corrected chi connectivity index (χ3v) is 5.90. The van der Waals surface area contributed by atoms with Gasteiger partial charge in [-0.1, -0.05) is 35.9 Å². The lowest BCUT2D eigenvalue weighted by atomic mass is 9.92. The minimum atomic E-state index is -0.319. The molecule has 5 nitrogen and oxygen atoms in total. The first-order valence-electron chi connectivity index (χ1n) is 10.7. The minimum absolute atomic E-state index is 0.176.